The van der Waals surface area contributed by atoms with Crippen LogP contribution in [0.25, 0.3) is 0 Å². The molecule has 1 saturated heterocycles. The summed E-state index contributed by atoms with van der Waals surface area (Å²) in [5.41, 5.74) is 0.777. The largest absolute Gasteiger partial charge is 0.417 e. The van der Waals surface area contributed by atoms with Gasteiger partial charge in [0.15, 0.2) is 0 Å². The summed E-state index contributed by atoms with van der Waals surface area (Å²) in [7, 11) is 0. The monoisotopic (exact) mass is 492 g/mol. The van der Waals surface area contributed by atoms with E-state index in [9.17, 15) is 18.0 Å². The molecule has 33 heavy (non-hydrogen) atoms. The van der Waals surface area contributed by atoms with Crippen LogP contribution in [0.15, 0.2) is 64.8 Å². The molecule has 2 aromatic heterocycles. The number of anilines is 1. The van der Waals surface area contributed by atoms with Crippen molar-refractivity contribution in [2.24, 2.45) is 0 Å². The van der Waals surface area contributed by atoms with Crippen molar-refractivity contribution in [1.29, 1.82) is 0 Å². The molecule has 4 rings (SSSR count). The molecule has 0 bridgehead atoms. The van der Waals surface area contributed by atoms with Gasteiger partial charge >= 0.3 is 6.18 Å². The maximum atomic E-state index is 13.2. The Morgan fingerprint density at radius 3 is 2.39 bits per heavy atom. The molecule has 172 valence electrons. The zero-order valence-electron chi connectivity index (χ0n) is 17.6. The number of halogens is 4. The van der Waals surface area contributed by atoms with Crippen LogP contribution < -0.4 is 4.90 Å². The predicted molar refractivity (Wildman–Crippen MR) is 122 cm³/mol. The standard InChI is InChI=1S/C23H20ClF3N4OS/c1-15-4-6-17(7-5-15)33-21-18(3-2-8-28-21)22(32)31-11-9-30(10-12-31)20-19(24)13-16(14-29-20)23(25,26)27/h2-8,13-14H,9-12H2,1H3. The first-order valence-electron chi connectivity index (χ1n) is 10.2. The second-order valence-corrected chi connectivity index (χ2v) is 9.05. The number of carbonyl (C=O) groups is 1. The SMILES string of the molecule is Cc1ccc(Sc2ncccc2C(=O)N2CCN(c3ncc(C(F)(F)F)cc3Cl)CC2)cc1. The Labute approximate surface area is 198 Å². The molecule has 3 aromatic rings. The predicted octanol–water partition coefficient (Wildman–Crippen LogP) is 5.57. The van der Waals surface area contributed by atoms with Crippen LogP contribution in [0.5, 0.6) is 0 Å². The second kappa shape index (κ2) is 9.61. The molecule has 0 saturated carbocycles. The maximum absolute atomic E-state index is 13.2. The maximum Gasteiger partial charge on any atom is 0.417 e. The first-order chi connectivity index (χ1) is 15.7. The molecule has 0 aliphatic carbocycles. The third-order valence-corrected chi connectivity index (χ3v) is 6.56. The molecule has 1 fully saturated rings. The first-order valence-corrected chi connectivity index (χ1v) is 11.4. The fourth-order valence-electron chi connectivity index (χ4n) is 3.46. The van der Waals surface area contributed by atoms with Gasteiger partial charge in [-0.1, -0.05) is 41.1 Å². The van der Waals surface area contributed by atoms with E-state index in [4.69, 9.17) is 11.6 Å². The van der Waals surface area contributed by atoms with Crippen molar-refractivity contribution in [3.05, 3.63) is 76.6 Å². The smallest absolute Gasteiger partial charge is 0.352 e. The number of nitrogens with zero attached hydrogens (tertiary/aromatic N) is 4. The number of hydrogen-bond donors (Lipinski definition) is 0. The molecule has 0 atom stereocenters. The van der Waals surface area contributed by atoms with Gasteiger partial charge in [0.2, 0.25) is 0 Å². The average molecular weight is 493 g/mol. The topological polar surface area (TPSA) is 49.3 Å². The highest BCUT2D eigenvalue weighted by atomic mass is 35.5. The Morgan fingerprint density at radius 2 is 1.76 bits per heavy atom. The summed E-state index contributed by atoms with van der Waals surface area (Å²) in [5.74, 6) is 0.151. The van der Waals surface area contributed by atoms with E-state index in [2.05, 4.69) is 9.97 Å². The number of aromatic nitrogens is 2. The Kier molecular flexibility index (Phi) is 6.81. The van der Waals surface area contributed by atoms with Crippen molar-refractivity contribution >= 4 is 35.1 Å². The lowest BCUT2D eigenvalue weighted by Gasteiger charge is -2.36. The molecule has 1 aliphatic rings. The quantitative estimate of drug-likeness (QED) is 0.476. The molecular formula is C23H20ClF3N4OS. The Morgan fingerprint density at radius 1 is 1.06 bits per heavy atom. The number of amides is 1. The van der Waals surface area contributed by atoms with Crippen LogP contribution in [-0.2, 0) is 6.18 Å². The van der Waals surface area contributed by atoms with Crippen LogP contribution in [0, 0.1) is 6.92 Å². The van der Waals surface area contributed by atoms with E-state index < -0.39 is 11.7 Å². The third kappa shape index (κ3) is 5.42. The summed E-state index contributed by atoms with van der Waals surface area (Å²) in [4.78, 5) is 26.0. The number of piperazine rings is 1. The number of rotatable bonds is 4. The lowest BCUT2D eigenvalue weighted by molar-refractivity contribution is -0.137. The van der Waals surface area contributed by atoms with Gasteiger partial charge in [-0.2, -0.15) is 13.2 Å². The van der Waals surface area contributed by atoms with E-state index in [0.717, 1.165) is 22.7 Å². The van der Waals surface area contributed by atoms with Crippen molar-refractivity contribution in [1.82, 2.24) is 14.9 Å². The Hall–Kier alpha value is -2.78. The number of aryl methyl sites for hydroxylation is 1. The first kappa shape index (κ1) is 23.4. The zero-order valence-corrected chi connectivity index (χ0v) is 19.2. The fraction of sp³-hybridized carbons (Fsp3) is 0.261. The highest BCUT2D eigenvalue weighted by Gasteiger charge is 2.32. The van der Waals surface area contributed by atoms with Crippen LogP contribution in [0.3, 0.4) is 0 Å². The van der Waals surface area contributed by atoms with E-state index in [1.54, 1.807) is 28.1 Å². The highest BCUT2D eigenvalue weighted by molar-refractivity contribution is 7.99. The summed E-state index contributed by atoms with van der Waals surface area (Å²) < 4.78 is 38.6. The molecular weight excluding hydrogens is 473 g/mol. The van der Waals surface area contributed by atoms with Crippen molar-refractivity contribution in [3.8, 4) is 0 Å². The molecule has 1 aromatic carbocycles. The molecule has 1 aliphatic heterocycles. The van der Waals surface area contributed by atoms with Crippen LogP contribution in [0.2, 0.25) is 5.02 Å². The van der Waals surface area contributed by atoms with Gasteiger partial charge in [0.25, 0.3) is 5.91 Å². The second-order valence-electron chi connectivity index (χ2n) is 7.58. The van der Waals surface area contributed by atoms with Crippen LogP contribution in [-0.4, -0.2) is 47.0 Å². The van der Waals surface area contributed by atoms with Crippen molar-refractivity contribution in [2.45, 2.75) is 23.0 Å². The van der Waals surface area contributed by atoms with Crippen LogP contribution in [0.4, 0.5) is 19.0 Å². The lowest BCUT2D eigenvalue weighted by atomic mass is 10.2. The Bertz CT molecular complexity index is 1150. The van der Waals surface area contributed by atoms with Crippen LogP contribution in [0.1, 0.15) is 21.5 Å². The summed E-state index contributed by atoms with van der Waals surface area (Å²) in [5, 5.41) is 0.565. The lowest BCUT2D eigenvalue weighted by Crippen LogP contribution is -2.49. The minimum atomic E-state index is -4.50. The fourth-order valence-corrected chi connectivity index (χ4v) is 4.62. The van der Waals surface area contributed by atoms with E-state index in [1.807, 2.05) is 31.2 Å². The molecule has 1 amide bonds. The van der Waals surface area contributed by atoms with Gasteiger partial charge in [-0.25, -0.2) is 9.97 Å². The van der Waals surface area contributed by atoms with E-state index in [1.165, 1.54) is 11.8 Å². The van der Waals surface area contributed by atoms with E-state index in [-0.39, 0.29) is 16.7 Å². The number of carbonyl (C=O) groups excluding carboxylic acids is 1. The van der Waals surface area contributed by atoms with Gasteiger partial charge in [0.1, 0.15) is 10.8 Å². The average Bonchev–Trinajstić information content (AvgIpc) is 2.80. The van der Waals surface area contributed by atoms with Crippen molar-refractivity contribution in [3.63, 3.8) is 0 Å². The molecule has 10 heteroatoms. The summed E-state index contributed by atoms with van der Waals surface area (Å²) in [6.45, 7) is 3.61. The third-order valence-electron chi connectivity index (χ3n) is 5.25. The van der Waals surface area contributed by atoms with Gasteiger partial charge in [-0.05, 0) is 37.3 Å². The number of pyridine rings is 2. The van der Waals surface area contributed by atoms with Crippen LogP contribution >= 0.6 is 23.4 Å². The van der Waals surface area contributed by atoms with Gasteiger partial charge < -0.3 is 9.80 Å². The molecule has 0 spiro atoms. The normalized spacial score (nSPS) is 14.5. The molecule has 0 radical (unpaired) electrons. The summed E-state index contributed by atoms with van der Waals surface area (Å²) in [6.07, 6.45) is -2.06. The van der Waals surface area contributed by atoms with Crippen molar-refractivity contribution < 1.29 is 18.0 Å². The van der Waals surface area contributed by atoms with E-state index >= 15 is 0 Å². The van der Waals surface area contributed by atoms with Gasteiger partial charge in [0.05, 0.1) is 16.1 Å². The molecule has 3 heterocycles. The van der Waals surface area contributed by atoms with Crippen molar-refractivity contribution in [2.75, 3.05) is 31.1 Å². The Balaban J connectivity index is 1.45. The molecule has 5 nitrogen and oxygen atoms in total. The zero-order chi connectivity index (χ0) is 23.6. The molecule has 0 unspecified atom stereocenters. The minimum Gasteiger partial charge on any atom is -0.352 e. The number of benzene rings is 1. The highest BCUT2D eigenvalue weighted by Crippen LogP contribution is 2.34. The summed E-state index contributed by atoms with van der Waals surface area (Å²) >= 11 is 7.50. The number of hydrogen-bond acceptors (Lipinski definition) is 5. The van der Waals surface area contributed by atoms with Gasteiger partial charge in [-0.15, -0.1) is 0 Å². The minimum absolute atomic E-state index is 0.0614. The van der Waals surface area contributed by atoms with Gasteiger partial charge in [-0.3, -0.25) is 4.79 Å². The van der Waals surface area contributed by atoms with Gasteiger partial charge in [0, 0.05) is 43.5 Å². The number of alkyl halides is 3. The summed E-state index contributed by atoms with van der Waals surface area (Å²) in [6, 6.07) is 12.4. The van der Waals surface area contributed by atoms with E-state index in [0.29, 0.717) is 36.8 Å². The molecule has 0 N–H and O–H groups in total.